The van der Waals surface area contributed by atoms with Crippen LogP contribution in [-0.2, 0) is 28.7 Å². The van der Waals surface area contributed by atoms with Gasteiger partial charge in [-0.1, -0.05) is 105 Å². The van der Waals surface area contributed by atoms with E-state index < -0.39 is 18.0 Å². The largest absolute Gasteiger partial charge is 0.481 e. The minimum absolute atomic E-state index is 0.0364. The molecule has 0 aromatic carbocycles. The van der Waals surface area contributed by atoms with Crippen LogP contribution in [0.1, 0.15) is 143 Å². The van der Waals surface area contributed by atoms with Crippen molar-refractivity contribution in [1.29, 1.82) is 0 Å². The van der Waals surface area contributed by atoms with Crippen molar-refractivity contribution in [2.45, 2.75) is 149 Å². The summed E-state index contributed by atoms with van der Waals surface area (Å²) < 4.78 is 10.4. The number of aliphatic carboxylic acids is 1. The van der Waals surface area contributed by atoms with Crippen LogP contribution < -0.4 is 5.32 Å². The minimum Gasteiger partial charge on any atom is -0.481 e. The number of carbonyl (C=O) groups excluding carboxylic acids is 3. The summed E-state index contributed by atoms with van der Waals surface area (Å²) in [6.45, 7) is 8.70. The number of esters is 2. The highest BCUT2D eigenvalue weighted by Crippen LogP contribution is 2.14. The number of carboxylic acid groups (broad SMARTS) is 1. The third kappa shape index (κ3) is 25.9. The van der Waals surface area contributed by atoms with Crippen LogP contribution in [0, 0.1) is 11.8 Å². The number of nitrogens with one attached hydrogen (secondary N) is 1. The van der Waals surface area contributed by atoms with Crippen LogP contribution in [0.4, 0.5) is 0 Å². The van der Waals surface area contributed by atoms with Gasteiger partial charge < -0.3 is 19.9 Å². The van der Waals surface area contributed by atoms with Gasteiger partial charge in [0.15, 0.2) is 0 Å². The van der Waals surface area contributed by atoms with Crippen LogP contribution in [0.25, 0.3) is 0 Å². The number of hydrogen-bond acceptors (Lipinski definition) is 6. The van der Waals surface area contributed by atoms with Crippen LogP contribution in [0.2, 0.25) is 0 Å². The van der Waals surface area contributed by atoms with E-state index in [-0.39, 0.29) is 37.2 Å². The zero-order chi connectivity index (χ0) is 29.3. The molecular weight excluding hydrogens is 498 g/mol. The third-order valence-electron chi connectivity index (χ3n) is 6.44. The van der Waals surface area contributed by atoms with E-state index in [4.69, 9.17) is 14.6 Å². The molecule has 1 unspecified atom stereocenters. The molecule has 0 aliphatic heterocycles. The molecule has 228 valence electrons. The number of carboxylic acids is 1. The summed E-state index contributed by atoms with van der Waals surface area (Å²) in [5.74, 6) is -1.28. The molecule has 0 aromatic heterocycles. The van der Waals surface area contributed by atoms with Gasteiger partial charge in [0.2, 0.25) is 5.91 Å². The van der Waals surface area contributed by atoms with E-state index in [1.807, 2.05) is 27.7 Å². The predicted octanol–water partition coefficient (Wildman–Crippen LogP) is 6.98. The lowest BCUT2D eigenvalue weighted by Gasteiger charge is -2.18. The van der Waals surface area contributed by atoms with Crippen LogP contribution >= 0.6 is 0 Å². The molecule has 2 N–H and O–H groups in total. The lowest BCUT2D eigenvalue weighted by molar-refractivity contribution is -0.149. The molecule has 39 heavy (non-hydrogen) atoms. The van der Waals surface area contributed by atoms with Gasteiger partial charge in [-0.25, -0.2) is 4.79 Å². The number of hydrogen-bond donors (Lipinski definition) is 2. The minimum atomic E-state index is -1.00. The third-order valence-corrected chi connectivity index (χ3v) is 6.44. The maximum atomic E-state index is 12.3. The topological polar surface area (TPSA) is 119 Å². The van der Waals surface area contributed by atoms with Gasteiger partial charge >= 0.3 is 17.9 Å². The molecule has 0 bridgehead atoms. The Kier molecular flexibility index (Phi) is 23.5. The Hall–Kier alpha value is -2.12. The van der Waals surface area contributed by atoms with Crippen molar-refractivity contribution in [3.8, 4) is 0 Å². The highest BCUT2D eigenvalue weighted by molar-refractivity contribution is 5.84. The van der Waals surface area contributed by atoms with Crippen molar-refractivity contribution in [2.24, 2.45) is 11.8 Å². The second-order valence-corrected chi connectivity index (χ2v) is 11.6. The number of ether oxygens (including phenoxy) is 2. The molecule has 1 atom stereocenters. The summed E-state index contributed by atoms with van der Waals surface area (Å²) in [6.07, 6.45) is 16.8. The van der Waals surface area contributed by atoms with Gasteiger partial charge in [0, 0.05) is 19.3 Å². The summed E-state index contributed by atoms with van der Waals surface area (Å²) in [7, 11) is 0. The Morgan fingerprint density at radius 2 is 1.00 bits per heavy atom. The average Bonchev–Trinajstić information content (AvgIpc) is 2.87. The van der Waals surface area contributed by atoms with Gasteiger partial charge in [0.25, 0.3) is 0 Å². The van der Waals surface area contributed by atoms with Crippen LogP contribution in [0.5, 0.6) is 0 Å². The average molecular weight is 556 g/mol. The SMILES string of the molecule is CC(C)COC(=O)CCCCCCCCCCCCCCCCC(=O)NC(CCC(=O)O)C(=O)OCC(C)C. The van der Waals surface area contributed by atoms with Crippen LogP contribution in [0.3, 0.4) is 0 Å². The van der Waals surface area contributed by atoms with Crippen LogP contribution in [0.15, 0.2) is 0 Å². The molecule has 8 nitrogen and oxygen atoms in total. The van der Waals surface area contributed by atoms with E-state index in [0.29, 0.717) is 25.4 Å². The fourth-order valence-electron chi connectivity index (χ4n) is 4.14. The Balaban J connectivity index is 3.65. The lowest BCUT2D eigenvalue weighted by Crippen LogP contribution is -2.42. The van der Waals surface area contributed by atoms with Crippen molar-refractivity contribution in [1.82, 2.24) is 5.32 Å². The second kappa shape index (κ2) is 24.9. The summed E-state index contributed by atoms with van der Waals surface area (Å²) >= 11 is 0. The first kappa shape index (κ1) is 36.9. The van der Waals surface area contributed by atoms with Gasteiger partial charge in [0.05, 0.1) is 13.2 Å². The smallest absolute Gasteiger partial charge is 0.328 e. The molecule has 0 rings (SSSR count). The number of amides is 1. The quantitative estimate of drug-likeness (QED) is 0.0873. The second-order valence-electron chi connectivity index (χ2n) is 11.6. The van der Waals surface area contributed by atoms with Crippen molar-refractivity contribution in [3.63, 3.8) is 0 Å². The molecule has 0 saturated carbocycles. The fraction of sp³-hybridized carbons (Fsp3) is 0.871. The van der Waals surface area contributed by atoms with Crippen LogP contribution in [-0.4, -0.2) is 48.2 Å². The first-order valence-corrected chi connectivity index (χ1v) is 15.4. The number of rotatable bonds is 26. The Bertz CT molecular complexity index is 663. The van der Waals surface area contributed by atoms with E-state index in [9.17, 15) is 19.2 Å². The molecule has 0 aromatic rings. The first-order valence-electron chi connectivity index (χ1n) is 15.4. The number of unbranched alkanes of at least 4 members (excludes halogenated alkanes) is 13. The zero-order valence-corrected chi connectivity index (χ0v) is 25.3. The zero-order valence-electron chi connectivity index (χ0n) is 25.3. The van der Waals surface area contributed by atoms with Gasteiger partial charge in [0.1, 0.15) is 6.04 Å². The normalized spacial score (nSPS) is 11.9. The molecule has 0 spiro atoms. The van der Waals surface area contributed by atoms with Gasteiger partial charge in [-0.15, -0.1) is 0 Å². The highest BCUT2D eigenvalue weighted by atomic mass is 16.5. The monoisotopic (exact) mass is 555 g/mol. The maximum Gasteiger partial charge on any atom is 0.328 e. The number of carbonyl (C=O) groups is 4. The van der Waals surface area contributed by atoms with E-state index in [2.05, 4.69) is 5.32 Å². The van der Waals surface area contributed by atoms with Crippen molar-refractivity contribution in [2.75, 3.05) is 13.2 Å². The predicted molar refractivity (Wildman–Crippen MR) is 154 cm³/mol. The van der Waals surface area contributed by atoms with Crippen molar-refractivity contribution in [3.05, 3.63) is 0 Å². The molecular formula is C31H57NO7. The van der Waals surface area contributed by atoms with E-state index in [1.165, 1.54) is 57.8 Å². The van der Waals surface area contributed by atoms with Gasteiger partial charge in [-0.05, 0) is 31.1 Å². The molecule has 0 saturated heterocycles. The summed E-state index contributed by atoms with van der Waals surface area (Å²) in [6, 6.07) is -0.905. The van der Waals surface area contributed by atoms with Gasteiger partial charge in [-0.2, -0.15) is 0 Å². The van der Waals surface area contributed by atoms with E-state index in [1.54, 1.807) is 0 Å². The van der Waals surface area contributed by atoms with Gasteiger partial charge in [-0.3, -0.25) is 14.4 Å². The standard InChI is InChI=1S/C31H57NO7/c1-25(2)23-38-30(36)20-18-16-14-12-10-8-6-5-7-9-11-13-15-17-19-28(33)32-27(21-22-29(34)35)31(37)39-24-26(3)4/h25-27H,5-24H2,1-4H3,(H,32,33)(H,34,35). The summed E-state index contributed by atoms with van der Waals surface area (Å²) in [4.78, 5) is 46.9. The molecule has 8 heteroatoms. The molecule has 0 heterocycles. The van der Waals surface area contributed by atoms with Crippen molar-refractivity contribution < 1.29 is 33.8 Å². The Morgan fingerprint density at radius 3 is 1.44 bits per heavy atom. The fourth-order valence-corrected chi connectivity index (χ4v) is 4.14. The maximum absolute atomic E-state index is 12.3. The molecule has 0 aliphatic carbocycles. The summed E-state index contributed by atoms with van der Waals surface area (Å²) in [5.41, 5.74) is 0. The van der Waals surface area contributed by atoms with E-state index in [0.717, 1.165) is 32.1 Å². The Morgan fingerprint density at radius 1 is 0.590 bits per heavy atom. The first-order chi connectivity index (χ1) is 18.6. The Labute approximate surface area is 237 Å². The molecule has 0 aliphatic rings. The van der Waals surface area contributed by atoms with E-state index >= 15 is 0 Å². The van der Waals surface area contributed by atoms with Crippen molar-refractivity contribution >= 4 is 23.8 Å². The lowest BCUT2D eigenvalue weighted by atomic mass is 10.0. The molecule has 1 amide bonds. The summed E-state index contributed by atoms with van der Waals surface area (Å²) in [5, 5.41) is 11.6. The highest BCUT2D eigenvalue weighted by Gasteiger charge is 2.23. The molecule has 0 radical (unpaired) electrons. The molecule has 0 fully saturated rings.